The van der Waals surface area contributed by atoms with Crippen LogP contribution in [0.4, 0.5) is 4.79 Å². The van der Waals surface area contributed by atoms with Gasteiger partial charge < -0.3 is 15.4 Å². The first-order chi connectivity index (χ1) is 6.74. The zero-order chi connectivity index (χ0) is 10.4. The third kappa shape index (κ3) is 3.24. The molecule has 2 N–H and O–H groups in total. The van der Waals surface area contributed by atoms with Crippen molar-refractivity contribution in [3.05, 3.63) is 0 Å². The molecule has 80 valence electrons. The third-order valence-electron chi connectivity index (χ3n) is 2.05. The Morgan fingerprint density at radius 1 is 1.64 bits per heavy atom. The molecule has 1 unspecified atom stereocenters. The third-order valence-corrected chi connectivity index (χ3v) is 2.05. The highest BCUT2D eigenvalue weighted by Gasteiger charge is 2.28. The van der Waals surface area contributed by atoms with Gasteiger partial charge in [0.05, 0.1) is 6.54 Å². The van der Waals surface area contributed by atoms with Gasteiger partial charge in [-0.1, -0.05) is 19.8 Å². The van der Waals surface area contributed by atoms with E-state index < -0.39 is 12.2 Å². The molecule has 1 rings (SSSR count). The Morgan fingerprint density at radius 2 is 2.43 bits per heavy atom. The van der Waals surface area contributed by atoms with Crippen LogP contribution in [0.2, 0.25) is 0 Å². The molecule has 5 heteroatoms. The summed E-state index contributed by atoms with van der Waals surface area (Å²) in [5.74, 6) is -0.209. The number of cyclic esters (lactones) is 1. The predicted octanol–water partition coefficient (Wildman–Crippen LogP) is 0.401. The van der Waals surface area contributed by atoms with E-state index in [1.54, 1.807) is 0 Å². The lowest BCUT2D eigenvalue weighted by molar-refractivity contribution is -0.127. The van der Waals surface area contributed by atoms with Crippen LogP contribution in [-0.4, -0.2) is 31.2 Å². The fourth-order valence-corrected chi connectivity index (χ4v) is 1.24. The second-order valence-corrected chi connectivity index (χ2v) is 3.27. The number of nitrogens with one attached hydrogen (secondary N) is 2. The van der Waals surface area contributed by atoms with Crippen molar-refractivity contribution in [3.63, 3.8) is 0 Å². The number of carbonyl (C=O) groups is 2. The van der Waals surface area contributed by atoms with E-state index >= 15 is 0 Å². The Labute approximate surface area is 83.2 Å². The molecule has 0 spiro atoms. The van der Waals surface area contributed by atoms with Crippen molar-refractivity contribution in [1.29, 1.82) is 0 Å². The number of hydrogen-bond donors (Lipinski definition) is 2. The second kappa shape index (κ2) is 5.47. The van der Waals surface area contributed by atoms with E-state index in [2.05, 4.69) is 17.6 Å². The first-order valence-electron chi connectivity index (χ1n) is 4.96. The maximum Gasteiger partial charge on any atom is 0.408 e. The molecule has 1 saturated heterocycles. The number of alkyl carbamates (subject to hydrolysis) is 1. The highest BCUT2D eigenvalue weighted by atomic mass is 16.6. The minimum Gasteiger partial charge on any atom is -0.434 e. The molecule has 5 nitrogen and oxygen atoms in total. The zero-order valence-corrected chi connectivity index (χ0v) is 8.34. The summed E-state index contributed by atoms with van der Waals surface area (Å²) in [6, 6.07) is 0. The van der Waals surface area contributed by atoms with Crippen LogP contribution in [0.5, 0.6) is 0 Å². The van der Waals surface area contributed by atoms with Crippen molar-refractivity contribution in [3.8, 4) is 0 Å². The summed E-state index contributed by atoms with van der Waals surface area (Å²) in [7, 11) is 0. The van der Waals surface area contributed by atoms with Crippen LogP contribution >= 0.6 is 0 Å². The molecule has 0 aliphatic carbocycles. The molecular formula is C9H16N2O3. The molecule has 1 fully saturated rings. The van der Waals surface area contributed by atoms with E-state index in [4.69, 9.17) is 4.74 Å². The number of carbonyl (C=O) groups excluding carboxylic acids is 2. The molecule has 14 heavy (non-hydrogen) atoms. The van der Waals surface area contributed by atoms with Gasteiger partial charge in [-0.15, -0.1) is 0 Å². The average Bonchev–Trinajstić information content (AvgIpc) is 2.59. The van der Waals surface area contributed by atoms with Crippen LogP contribution in [0, 0.1) is 0 Å². The molecule has 0 saturated carbocycles. The molecule has 0 aromatic rings. The van der Waals surface area contributed by atoms with Crippen LogP contribution in [0.3, 0.4) is 0 Å². The quantitative estimate of drug-likeness (QED) is 0.631. The second-order valence-electron chi connectivity index (χ2n) is 3.27. The van der Waals surface area contributed by atoms with Crippen molar-refractivity contribution < 1.29 is 14.3 Å². The average molecular weight is 200 g/mol. The molecule has 2 amide bonds. The van der Waals surface area contributed by atoms with Gasteiger partial charge in [-0.05, 0) is 6.42 Å². The van der Waals surface area contributed by atoms with Crippen LogP contribution in [0.1, 0.15) is 26.2 Å². The van der Waals surface area contributed by atoms with E-state index in [0.29, 0.717) is 6.54 Å². The lowest BCUT2D eigenvalue weighted by Gasteiger charge is -2.08. The minimum absolute atomic E-state index is 0.209. The fourth-order valence-electron chi connectivity index (χ4n) is 1.24. The summed E-state index contributed by atoms with van der Waals surface area (Å²) in [6.07, 6.45) is 2.03. The summed E-state index contributed by atoms with van der Waals surface area (Å²) in [5.41, 5.74) is 0. The number of rotatable bonds is 5. The topological polar surface area (TPSA) is 67.4 Å². The molecule has 0 aromatic carbocycles. The SMILES string of the molecule is CCCCCNC(=O)C1CNC(=O)O1. The predicted molar refractivity (Wildman–Crippen MR) is 50.8 cm³/mol. The lowest BCUT2D eigenvalue weighted by Crippen LogP contribution is -2.37. The lowest BCUT2D eigenvalue weighted by atomic mass is 10.2. The highest BCUT2D eigenvalue weighted by Crippen LogP contribution is 2.00. The van der Waals surface area contributed by atoms with Crippen LogP contribution in [0.15, 0.2) is 0 Å². The molecular weight excluding hydrogens is 184 g/mol. The van der Waals surface area contributed by atoms with Crippen molar-refractivity contribution in [2.75, 3.05) is 13.1 Å². The van der Waals surface area contributed by atoms with Gasteiger partial charge in [-0.3, -0.25) is 4.79 Å². The molecule has 1 atom stereocenters. The van der Waals surface area contributed by atoms with E-state index in [9.17, 15) is 9.59 Å². The number of hydrogen-bond acceptors (Lipinski definition) is 3. The Hall–Kier alpha value is -1.26. The molecule has 1 heterocycles. The molecule has 0 aromatic heterocycles. The van der Waals surface area contributed by atoms with Gasteiger partial charge in [0.15, 0.2) is 6.10 Å². The van der Waals surface area contributed by atoms with Crippen molar-refractivity contribution in [2.45, 2.75) is 32.3 Å². The van der Waals surface area contributed by atoms with Crippen molar-refractivity contribution in [2.24, 2.45) is 0 Å². The van der Waals surface area contributed by atoms with Gasteiger partial charge in [0.25, 0.3) is 5.91 Å². The van der Waals surface area contributed by atoms with E-state index in [0.717, 1.165) is 19.3 Å². The van der Waals surface area contributed by atoms with Crippen LogP contribution in [-0.2, 0) is 9.53 Å². The normalized spacial score (nSPS) is 20.1. The van der Waals surface area contributed by atoms with Gasteiger partial charge >= 0.3 is 6.09 Å². The van der Waals surface area contributed by atoms with E-state index in [1.807, 2.05) is 0 Å². The molecule has 0 bridgehead atoms. The van der Waals surface area contributed by atoms with Gasteiger partial charge in [0.1, 0.15) is 0 Å². The van der Waals surface area contributed by atoms with Gasteiger partial charge in [0, 0.05) is 6.54 Å². The summed E-state index contributed by atoms with van der Waals surface area (Å²) in [5, 5.41) is 5.15. The standard InChI is InChI=1S/C9H16N2O3/c1-2-3-4-5-10-8(12)7-6-11-9(13)14-7/h7H,2-6H2,1H3,(H,10,12)(H,11,13). The Balaban J connectivity index is 2.12. The van der Waals surface area contributed by atoms with Crippen molar-refractivity contribution >= 4 is 12.0 Å². The first-order valence-corrected chi connectivity index (χ1v) is 4.96. The Bertz CT molecular complexity index is 218. The van der Waals surface area contributed by atoms with E-state index in [1.165, 1.54) is 0 Å². The van der Waals surface area contributed by atoms with Crippen molar-refractivity contribution in [1.82, 2.24) is 10.6 Å². The summed E-state index contributed by atoms with van der Waals surface area (Å²) in [6.45, 7) is 3.03. The molecule has 0 radical (unpaired) electrons. The zero-order valence-electron chi connectivity index (χ0n) is 8.34. The fraction of sp³-hybridized carbons (Fsp3) is 0.778. The monoisotopic (exact) mass is 200 g/mol. The Morgan fingerprint density at radius 3 is 3.00 bits per heavy atom. The largest absolute Gasteiger partial charge is 0.434 e. The van der Waals surface area contributed by atoms with E-state index in [-0.39, 0.29) is 12.5 Å². The number of unbranched alkanes of at least 4 members (excludes halogenated alkanes) is 2. The van der Waals surface area contributed by atoms with Crippen LogP contribution in [0.25, 0.3) is 0 Å². The Kier molecular flexibility index (Phi) is 4.22. The number of ether oxygens (including phenoxy) is 1. The molecule has 1 aliphatic rings. The maximum absolute atomic E-state index is 11.3. The summed E-state index contributed by atoms with van der Waals surface area (Å²) in [4.78, 5) is 21.9. The maximum atomic E-state index is 11.3. The van der Waals surface area contributed by atoms with Gasteiger partial charge in [0.2, 0.25) is 0 Å². The van der Waals surface area contributed by atoms with Gasteiger partial charge in [-0.2, -0.15) is 0 Å². The summed E-state index contributed by atoms with van der Waals surface area (Å²) < 4.78 is 4.72. The number of amides is 2. The van der Waals surface area contributed by atoms with Gasteiger partial charge in [-0.25, -0.2) is 4.79 Å². The minimum atomic E-state index is -0.649. The first kappa shape index (κ1) is 10.8. The molecule has 1 aliphatic heterocycles. The summed E-state index contributed by atoms with van der Waals surface area (Å²) >= 11 is 0. The highest BCUT2D eigenvalue weighted by molar-refractivity contribution is 5.86. The van der Waals surface area contributed by atoms with Crippen LogP contribution < -0.4 is 10.6 Å². The smallest absolute Gasteiger partial charge is 0.408 e.